The summed E-state index contributed by atoms with van der Waals surface area (Å²) in [6, 6.07) is 4.14. The fourth-order valence-electron chi connectivity index (χ4n) is 2.96. The Bertz CT molecular complexity index is 493. The van der Waals surface area contributed by atoms with E-state index in [-0.39, 0.29) is 6.61 Å². The fraction of sp³-hybridized carbons (Fsp3) is 0.600. The van der Waals surface area contributed by atoms with Crippen molar-refractivity contribution >= 4 is 5.82 Å². The molecule has 0 saturated heterocycles. The number of pyridine rings is 1. The number of anilines is 1. The zero-order valence-electron chi connectivity index (χ0n) is 11.6. The minimum absolute atomic E-state index is 0.262. The first-order chi connectivity index (χ1) is 9.15. The van der Waals surface area contributed by atoms with Crippen LogP contribution in [0.15, 0.2) is 6.07 Å². The molecule has 1 aromatic heterocycles. The molecule has 0 aromatic carbocycles. The quantitative estimate of drug-likeness (QED) is 0.871. The van der Waals surface area contributed by atoms with Crippen LogP contribution in [0.5, 0.6) is 0 Å². The van der Waals surface area contributed by atoms with Gasteiger partial charge in [0.25, 0.3) is 0 Å². The van der Waals surface area contributed by atoms with Crippen molar-refractivity contribution in [3.63, 3.8) is 0 Å². The SMILES string of the molecule is Cc1cc(C)c(C#N)c(NCC2CCCC2CO)n1. The number of nitrogens with zero attached hydrogens (tertiary/aromatic N) is 2. The maximum atomic E-state index is 9.33. The maximum absolute atomic E-state index is 9.33. The molecule has 2 rings (SSSR count). The maximum Gasteiger partial charge on any atom is 0.144 e. The van der Waals surface area contributed by atoms with Crippen molar-refractivity contribution < 1.29 is 5.11 Å². The second kappa shape index (κ2) is 6.03. The van der Waals surface area contributed by atoms with Crippen molar-refractivity contribution in [3.05, 3.63) is 22.9 Å². The second-order valence-corrected chi connectivity index (χ2v) is 5.43. The highest BCUT2D eigenvalue weighted by molar-refractivity contribution is 5.56. The lowest BCUT2D eigenvalue weighted by Crippen LogP contribution is -2.21. The molecule has 2 N–H and O–H groups in total. The van der Waals surface area contributed by atoms with Gasteiger partial charge in [0.2, 0.25) is 0 Å². The Morgan fingerprint density at radius 1 is 1.42 bits per heavy atom. The molecule has 0 bridgehead atoms. The normalized spacial score (nSPS) is 22.2. The summed E-state index contributed by atoms with van der Waals surface area (Å²) in [7, 11) is 0. The summed E-state index contributed by atoms with van der Waals surface area (Å²) in [4.78, 5) is 4.42. The van der Waals surface area contributed by atoms with Crippen LogP contribution >= 0.6 is 0 Å². The fourth-order valence-corrected chi connectivity index (χ4v) is 2.96. The van der Waals surface area contributed by atoms with E-state index in [1.165, 1.54) is 6.42 Å². The van der Waals surface area contributed by atoms with Gasteiger partial charge in [0.15, 0.2) is 0 Å². The van der Waals surface area contributed by atoms with E-state index in [9.17, 15) is 10.4 Å². The van der Waals surface area contributed by atoms with E-state index in [4.69, 9.17) is 0 Å². The summed E-state index contributed by atoms with van der Waals surface area (Å²) in [5, 5.41) is 21.8. The third-order valence-electron chi connectivity index (χ3n) is 4.04. The molecular formula is C15H21N3O. The van der Waals surface area contributed by atoms with Crippen LogP contribution in [0, 0.1) is 37.0 Å². The number of rotatable bonds is 4. The summed E-state index contributed by atoms with van der Waals surface area (Å²) in [5.41, 5.74) is 2.51. The lowest BCUT2D eigenvalue weighted by atomic mass is 9.97. The number of aliphatic hydroxyl groups is 1. The van der Waals surface area contributed by atoms with Crippen LogP contribution in [0.4, 0.5) is 5.82 Å². The number of aryl methyl sites for hydroxylation is 2. The lowest BCUT2D eigenvalue weighted by molar-refractivity contribution is 0.199. The summed E-state index contributed by atoms with van der Waals surface area (Å²) in [5.74, 6) is 1.56. The molecule has 1 heterocycles. The Hall–Kier alpha value is -1.60. The number of aromatic nitrogens is 1. The van der Waals surface area contributed by atoms with E-state index in [1.54, 1.807) is 0 Å². The number of hydrogen-bond donors (Lipinski definition) is 2. The van der Waals surface area contributed by atoms with Crippen LogP contribution in [-0.4, -0.2) is 23.2 Å². The van der Waals surface area contributed by atoms with Gasteiger partial charge in [-0.05, 0) is 50.2 Å². The van der Waals surface area contributed by atoms with Gasteiger partial charge in [-0.3, -0.25) is 0 Å². The predicted octanol–water partition coefficient (Wildman–Crippen LogP) is 2.39. The van der Waals surface area contributed by atoms with Crippen LogP contribution in [0.25, 0.3) is 0 Å². The highest BCUT2D eigenvalue weighted by Gasteiger charge is 2.26. The van der Waals surface area contributed by atoms with E-state index >= 15 is 0 Å². The van der Waals surface area contributed by atoms with Crippen LogP contribution in [0.1, 0.15) is 36.1 Å². The van der Waals surface area contributed by atoms with Gasteiger partial charge in [-0.1, -0.05) is 6.42 Å². The van der Waals surface area contributed by atoms with E-state index in [0.29, 0.717) is 23.2 Å². The Morgan fingerprint density at radius 2 is 2.16 bits per heavy atom. The molecule has 0 spiro atoms. The summed E-state index contributed by atoms with van der Waals surface area (Å²) < 4.78 is 0. The van der Waals surface area contributed by atoms with Crippen molar-refractivity contribution in [3.8, 4) is 6.07 Å². The third kappa shape index (κ3) is 3.05. The molecule has 0 amide bonds. The average molecular weight is 259 g/mol. The van der Waals surface area contributed by atoms with Crippen LogP contribution < -0.4 is 5.32 Å². The van der Waals surface area contributed by atoms with Crippen LogP contribution in [-0.2, 0) is 0 Å². The molecular weight excluding hydrogens is 238 g/mol. The topological polar surface area (TPSA) is 68.9 Å². The third-order valence-corrected chi connectivity index (χ3v) is 4.04. The number of hydrogen-bond acceptors (Lipinski definition) is 4. The molecule has 2 atom stereocenters. The highest BCUT2D eigenvalue weighted by atomic mass is 16.3. The predicted molar refractivity (Wildman–Crippen MR) is 74.8 cm³/mol. The minimum Gasteiger partial charge on any atom is -0.396 e. The van der Waals surface area contributed by atoms with Gasteiger partial charge in [0.1, 0.15) is 11.9 Å². The Morgan fingerprint density at radius 3 is 2.84 bits per heavy atom. The van der Waals surface area contributed by atoms with Gasteiger partial charge in [0.05, 0.1) is 5.56 Å². The lowest BCUT2D eigenvalue weighted by Gasteiger charge is -2.19. The highest BCUT2D eigenvalue weighted by Crippen LogP contribution is 2.31. The molecule has 4 heteroatoms. The standard InChI is InChI=1S/C15H21N3O/c1-10-6-11(2)18-15(14(10)7-16)17-8-12-4-3-5-13(12)9-19/h6,12-13,19H,3-5,8-9H2,1-2H3,(H,17,18). The van der Waals surface area contributed by atoms with Gasteiger partial charge in [-0.2, -0.15) is 5.26 Å². The zero-order valence-corrected chi connectivity index (χ0v) is 11.6. The van der Waals surface area contributed by atoms with Crippen molar-refractivity contribution in [1.82, 2.24) is 4.98 Å². The van der Waals surface area contributed by atoms with Gasteiger partial charge in [0, 0.05) is 18.8 Å². The molecule has 0 radical (unpaired) electrons. The smallest absolute Gasteiger partial charge is 0.144 e. The van der Waals surface area contributed by atoms with E-state index in [0.717, 1.165) is 30.6 Å². The van der Waals surface area contributed by atoms with Crippen LogP contribution in [0.3, 0.4) is 0 Å². The van der Waals surface area contributed by atoms with Crippen molar-refractivity contribution in [2.45, 2.75) is 33.1 Å². The molecule has 1 aliphatic rings. The molecule has 1 aromatic rings. The largest absolute Gasteiger partial charge is 0.396 e. The molecule has 1 saturated carbocycles. The molecule has 0 aliphatic heterocycles. The minimum atomic E-state index is 0.262. The van der Waals surface area contributed by atoms with Gasteiger partial charge in [-0.15, -0.1) is 0 Å². The molecule has 1 fully saturated rings. The zero-order chi connectivity index (χ0) is 13.8. The average Bonchev–Trinajstić information content (AvgIpc) is 2.83. The first kappa shape index (κ1) is 13.8. The number of nitrogens with one attached hydrogen (secondary N) is 1. The summed E-state index contributed by atoms with van der Waals surface area (Å²) >= 11 is 0. The Kier molecular flexibility index (Phi) is 4.39. The summed E-state index contributed by atoms with van der Waals surface area (Å²) in [6.45, 7) is 4.92. The van der Waals surface area contributed by atoms with E-state index < -0.39 is 0 Å². The monoisotopic (exact) mass is 259 g/mol. The van der Waals surface area contributed by atoms with Crippen LogP contribution in [0.2, 0.25) is 0 Å². The van der Waals surface area contributed by atoms with E-state index in [2.05, 4.69) is 16.4 Å². The van der Waals surface area contributed by atoms with Gasteiger partial charge >= 0.3 is 0 Å². The number of aliphatic hydroxyl groups excluding tert-OH is 1. The Labute approximate surface area is 114 Å². The van der Waals surface area contributed by atoms with Crippen molar-refractivity contribution in [2.75, 3.05) is 18.5 Å². The Balaban J connectivity index is 2.09. The molecule has 4 nitrogen and oxygen atoms in total. The molecule has 1 aliphatic carbocycles. The van der Waals surface area contributed by atoms with Crippen molar-refractivity contribution in [1.29, 1.82) is 5.26 Å². The first-order valence-corrected chi connectivity index (χ1v) is 6.88. The number of nitriles is 1. The second-order valence-electron chi connectivity index (χ2n) is 5.43. The molecule has 19 heavy (non-hydrogen) atoms. The van der Waals surface area contributed by atoms with E-state index in [1.807, 2.05) is 19.9 Å². The van der Waals surface area contributed by atoms with Gasteiger partial charge in [-0.25, -0.2) is 4.98 Å². The molecule has 2 unspecified atom stereocenters. The first-order valence-electron chi connectivity index (χ1n) is 6.88. The van der Waals surface area contributed by atoms with Crippen molar-refractivity contribution in [2.24, 2.45) is 11.8 Å². The molecule has 102 valence electrons. The van der Waals surface area contributed by atoms with Gasteiger partial charge < -0.3 is 10.4 Å². The summed E-state index contributed by atoms with van der Waals surface area (Å²) in [6.07, 6.45) is 3.43.